The summed E-state index contributed by atoms with van der Waals surface area (Å²) in [6.45, 7) is 3.23. The van der Waals surface area contributed by atoms with Crippen molar-refractivity contribution in [2.45, 2.75) is 19.4 Å². The Morgan fingerprint density at radius 3 is 2.86 bits per heavy atom. The molecule has 1 aliphatic heterocycles. The molecule has 3 rings (SSSR count). The molecule has 0 saturated carbocycles. The number of carbonyl (C=O) groups excluding carboxylic acids is 1. The van der Waals surface area contributed by atoms with E-state index in [-0.39, 0.29) is 12.0 Å². The number of amides is 1. The number of aromatic nitrogens is 2. The largest absolute Gasteiger partial charge is 0.472 e. The fourth-order valence-corrected chi connectivity index (χ4v) is 2.44. The zero-order chi connectivity index (χ0) is 14.7. The molecule has 0 N–H and O–H groups in total. The summed E-state index contributed by atoms with van der Waals surface area (Å²) in [5.41, 5.74) is 1.59. The lowest BCUT2D eigenvalue weighted by Gasteiger charge is -2.17. The molecule has 21 heavy (non-hydrogen) atoms. The Hall–Kier alpha value is -2.43. The summed E-state index contributed by atoms with van der Waals surface area (Å²) < 4.78 is 5.86. The fourth-order valence-electron chi connectivity index (χ4n) is 2.44. The molecule has 5 nitrogen and oxygen atoms in total. The van der Waals surface area contributed by atoms with E-state index in [1.54, 1.807) is 24.5 Å². The maximum atomic E-state index is 12.3. The summed E-state index contributed by atoms with van der Waals surface area (Å²) in [5, 5.41) is 0. The molecule has 0 spiro atoms. The van der Waals surface area contributed by atoms with Crippen molar-refractivity contribution in [3.63, 3.8) is 0 Å². The average molecular weight is 283 g/mol. The van der Waals surface area contributed by atoms with Crippen LogP contribution in [0.15, 0.2) is 42.7 Å². The van der Waals surface area contributed by atoms with Gasteiger partial charge in [0.05, 0.1) is 6.54 Å². The lowest BCUT2D eigenvalue weighted by molar-refractivity contribution is 0.0771. The molecular weight excluding hydrogens is 266 g/mol. The van der Waals surface area contributed by atoms with Crippen molar-refractivity contribution < 1.29 is 9.53 Å². The third kappa shape index (κ3) is 3.18. The fraction of sp³-hybridized carbons (Fsp3) is 0.312. The Balaban J connectivity index is 1.62. The van der Waals surface area contributed by atoms with E-state index in [0.717, 1.165) is 12.1 Å². The zero-order valence-corrected chi connectivity index (χ0v) is 11.9. The highest BCUT2D eigenvalue weighted by atomic mass is 16.5. The summed E-state index contributed by atoms with van der Waals surface area (Å²) in [6.07, 6.45) is 4.10. The van der Waals surface area contributed by atoms with Crippen molar-refractivity contribution in [3.8, 4) is 5.88 Å². The quantitative estimate of drug-likeness (QED) is 0.865. The van der Waals surface area contributed by atoms with Crippen LogP contribution in [-0.4, -0.2) is 40.0 Å². The third-order valence-corrected chi connectivity index (χ3v) is 3.51. The lowest BCUT2D eigenvalue weighted by Crippen LogP contribution is -2.31. The van der Waals surface area contributed by atoms with Crippen LogP contribution in [0.5, 0.6) is 5.88 Å². The smallest absolute Gasteiger partial charge is 0.254 e. The van der Waals surface area contributed by atoms with Crippen molar-refractivity contribution in [1.29, 1.82) is 0 Å². The van der Waals surface area contributed by atoms with Crippen molar-refractivity contribution in [1.82, 2.24) is 14.9 Å². The van der Waals surface area contributed by atoms with Gasteiger partial charge in [-0.1, -0.05) is 6.07 Å². The first-order valence-corrected chi connectivity index (χ1v) is 7.02. The van der Waals surface area contributed by atoms with E-state index in [1.165, 1.54) is 0 Å². The minimum absolute atomic E-state index is 0.00471. The molecular formula is C16H17N3O2. The molecule has 5 heteroatoms. The number of hydrogen-bond acceptors (Lipinski definition) is 4. The number of ether oxygens (including phenoxy) is 1. The highest BCUT2D eigenvalue weighted by Gasteiger charge is 2.28. The van der Waals surface area contributed by atoms with Gasteiger partial charge in [-0.2, -0.15) is 0 Å². The average Bonchev–Trinajstić information content (AvgIpc) is 2.96. The third-order valence-electron chi connectivity index (χ3n) is 3.51. The van der Waals surface area contributed by atoms with Crippen LogP contribution in [-0.2, 0) is 0 Å². The normalized spacial score (nSPS) is 17.8. The van der Waals surface area contributed by atoms with Gasteiger partial charge in [-0.05, 0) is 25.1 Å². The molecule has 0 radical (unpaired) electrons. The first-order chi connectivity index (χ1) is 10.2. The highest BCUT2D eigenvalue weighted by molar-refractivity contribution is 5.94. The van der Waals surface area contributed by atoms with E-state index in [4.69, 9.17) is 4.74 Å². The molecule has 1 saturated heterocycles. The van der Waals surface area contributed by atoms with Gasteiger partial charge in [0, 0.05) is 42.7 Å². The van der Waals surface area contributed by atoms with Crippen molar-refractivity contribution >= 4 is 5.91 Å². The molecule has 0 aromatic carbocycles. The summed E-state index contributed by atoms with van der Waals surface area (Å²) >= 11 is 0. The number of pyridine rings is 2. The maximum absolute atomic E-state index is 12.3. The molecule has 2 aromatic rings. The zero-order valence-electron chi connectivity index (χ0n) is 11.9. The van der Waals surface area contributed by atoms with Gasteiger partial charge in [0.25, 0.3) is 5.91 Å². The van der Waals surface area contributed by atoms with Gasteiger partial charge in [0.15, 0.2) is 0 Å². The molecule has 3 heterocycles. The van der Waals surface area contributed by atoms with Gasteiger partial charge < -0.3 is 9.64 Å². The van der Waals surface area contributed by atoms with Gasteiger partial charge in [-0.3, -0.25) is 9.78 Å². The number of likely N-dealkylation sites (tertiary alicyclic amines) is 1. The topological polar surface area (TPSA) is 55.3 Å². The van der Waals surface area contributed by atoms with Crippen LogP contribution in [0.1, 0.15) is 22.5 Å². The van der Waals surface area contributed by atoms with Crippen LogP contribution in [0.3, 0.4) is 0 Å². The molecule has 1 atom stereocenters. The number of nitrogens with zero attached hydrogens (tertiary/aromatic N) is 3. The predicted molar refractivity (Wildman–Crippen MR) is 78.1 cm³/mol. The molecule has 108 valence electrons. The minimum atomic E-state index is 0.00471. The van der Waals surface area contributed by atoms with Crippen LogP contribution in [0.2, 0.25) is 0 Å². The van der Waals surface area contributed by atoms with Crippen LogP contribution in [0, 0.1) is 6.92 Å². The summed E-state index contributed by atoms with van der Waals surface area (Å²) in [5.74, 6) is 0.652. The van der Waals surface area contributed by atoms with E-state index in [9.17, 15) is 4.79 Å². The Kier molecular flexibility index (Phi) is 3.81. The van der Waals surface area contributed by atoms with Crippen LogP contribution < -0.4 is 4.74 Å². The predicted octanol–water partition coefficient (Wildman–Crippen LogP) is 2.08. The summed E-state index contributed by atoms with van der Waals surface area (Å²) in [4.78, 5) is 22.4. The van der Waals surface area contributed by atoms with Crippen molar-refractivity contribution in [2.75, 3.05) is 13.1 Å². The second-order valence-electron chi connectivity index (χ2n) is 5.13. The van der Waals surface area contributed by atoms with Gasteiger partial charge in [0.2, 0.25) is 5.88 Å². The standard InChI is InChI=1S/C16H17N3O2/c1-12-3-2-4-15(18-12)21-14-7-10-19(11-14)16(20)13-5-8-17-9-6-13/h2-6,8-9,14H,7,10-11H2,1H3/t14-/m1/s1. The SMILES string of the molecule is Cc1cccc(O[C@@H]2CCN(C(=O)c3ccncc3)C2)n1. The second-order valence-corrected chi connectivity index (χ2v) is 5.13. The van der Waals surface area contributed by atoms with E-state index in [0.29, 0.717) is 24.5 Å². The number of aryl methyl sites for hydroxylation is 1. The molecule has 0 aliphatic carbocycles. The number of carbonyl (C=O) groups is 1. The summed E-state index contributed by atoms with van der Waals surface area (Å²) in [7, 11) is 0. The van der Waals surface area contributed by atoms with Gasteiger partial charge in [-0.25, -0.2) is 4.98 Å². The first-order valence-electron chi connectivity index (χ1n) is 7.02. The highest BCUT2D eigenvalue weighted by Crippen LogP contribution is 2.18. The maximum Gasteiger partial charge on any atom is 0.254 e. The van der Waals surface area contributed by atoms with Crippen LogP contribution in [0.4, 0.5) is 0 Å². The first kappa shape index (κ1) is 13.5. The van der Waals surface area contributed by atoms with E-state index in [2.05, 4.69) is 9.97 Å². The Labute approximate surface area is 123 Å². The van der Waals surface area contributed by atoms with E-state index >= 15 is 0 Å². The van der Waals surface area contributed by atoms with Gasteiger partial charge in [0.1, 0.15) is 6.10 Å². The van der Waals surface area contributed by atoms with Crippen LogP contribution in [0.25, 0.3) is 0 Å². The molecule has 1 fully saturated rings. The van der Waals surface area contributed by atoms with Crippen molar-refractivity contribution in [3.05, 3.63) is 54.0 Å². The lowest BCUT2D eigenvalue weighted by atomic mass is 10.2. The molecule has 2 aromatic heterocycles. The summed E-state index contributed by atoms with van der Waals surface area (Å²) in [6, 6.07) is 9.17. The number of hydrogen-bond donors (Lipinski definition) is 0. The monoisotopic (exact) mass is 283 g/mol. The number of rotatable bonds is 3. The van der Waals surface area contributed by atoms with Gasteiger partial charge >= 0.3 is 0 Å². The van der Waals surface area contributed by atoms with E-state index < -0.39 is 0 Å². The Morgan fingerprint density at radius 2 is 2.10 bits per heavy atom. The Bertz CT molecular complexity index is 630. The molecule has 1 aliphatic rings. The van der Waals surface area contributed by atoms with Crippen molar-refractivity contribution in [2.24, 2.45) is 0 Å². The minimum Gasteiger partial charge on any atom is -0.472 e. The van der Waals surface area contributed by atoms with Crippen LogP contribution >= 0.6 is 0 Å². The molecule has 0 bridgehead atoms. The molecule has 1 amide bonds. The second kappa shape index (κ2) is 5.91. The Morgan fingerprint density at radius 1 is 1.29 bits per heavy atom. The van der Waals surface area contributed by atoms with Gasteiger partial charge in [-0.15, -0.1) is 0 Å². The van der Waals surface area contributed by atoms with E-state index in [1.807, 2.05) is 30.0 Å². The molecule has 0 unspecified atom stereocenters.